The molecule has 1 aromatic rings. The topological polar surface area (TPSA) is 48.9 Å². The van der Waals surface area contributed by atoms with Crippen LogP contribution in [0.25, 0.3) is 0 Å². The highest BCUT2D eigenvalue weighted by molar-refractivity contribution is 14.0. The number of methoxy groups -OCH3 is 1. The second-order valence-corrected chi connectivity index (χ2v) is 6.42. The van der Waals surface area contributed by atoms with Gasteiger partial charge in [0.05, 0.1) is 6.54 Å². The number of guanidine groups is 1. The molecule has 1 rings (SSSR count). The lowest BCUT2D eigenvalue weighted by molar-refractivity contribution is 0.180. The Balaban J connectivity index is 0.00000576. The summed E-state index contributed by atoms with van der Waals surface area (Å²) in [7, 11) is 3.80. The highest BCUT2D eigenvalue weighted by Gasteiger charge is 2.04. The molecule has 0 atom stereocenters. The summed E-state index contributed by atoms with van der Waals surface area (Å²) < 4.78 is 19.7. The molecule has 0 spiro atoms. The van der Waals surface area contributed by atoms with E-state index in [0.717, 1.165) is 43.7 Å². The average molecular weight is 531 g/mol. The summed E-state index contributed by atoms with van der Waals surface area (Å²) in [5.74, 6) is 0.456. The Morgan fingerprint density at radius 3 is 2.76 bits per heavy atom. The summed E-state index contributed by atoms with van der Waals surface area (Å²) in [6.07, 6.45) is 1.02. The molecule has 0 bridgehead atoms. The summed E-state index contributed by atoms with van der Waals surface area (Å²) in [4.78, 5) is 6.69. The summed E-state index contributed by atoms with van der Waals surface area (Å²) in [6, 6.07) is 4.89. The summed E-state index contributed by atoms with van der Waals surface area (Å²) in [5, 5.41) is 6.46. The first kappa shape index (κ1) is 24.6. The van der Waals surface area contributed by atoms with Crippen molar-refractivity contribution in [3.8, 4) is 0 Å². The van der Waals surface area contributed by atoms with Crippen molar-refractivity contribution >= 4 is 45.9 Å². The summed E-state index contributed by atoms with van der Waals surface area (Å²) in [6.45, 7) is 6.51. The predicted octanol–water partition coefficient (Wildman–Crippen LogP) is 3.23. The fraction of sp³-hybridized carbons (Fsp3) is 0.588. The second kappa shape index (κ2) is 14.7. The summed E-state index contributed by atoms with van der Waals surface area (Å²) in [5.41, 5.74) is 0.568. The van der Waals surface area contributed by atoms with Crippen molar-refractivity contribution in [2.75, 3.05) is 46.9 Å². The molecule has 0 aliphatic carbocycles. The Bertz CT molecular complexity index is 519. The van der Waals surface area contributed by atoms with Gasteiger partial charge < -0.3 is 20.3 Å². The van der Waals surface area contributed by atoms with Crippen LogP contribution >= 0.6 is 39.9 Å². The minimum Gasteiger partial charge on any atom is -0.385 e. The number of likely N-dealkylation sites (N-methyl/N-ethyl adjacent to an activating group) is 1. The maximum atomic E-state index is 13.8. The molecule has 144 valence electrons. The molecule has 5 nitrogen and oxygen atoms in total. The van der Waals surface area contributed by atoms with Crippen LogP contribution in [0.2, 0.25) is 0 Å². The van der Waals surface area contributed by atoms with Gasteiger partial charge in [-0.3, -0.25) is 0 Å². The molecule has 0 unspecified atom stereocenters. The Morgan fingerprint density at radius 2 is 2.08 bits per heavy atom. The normalized spacial score (nSPS) is 11.4. The molecular weight excluding hydrogens is 502 g/mol. The lowest BCUT2D eigenvalue weighted by Crippen LogP contribution is -2.41. The van der Waals surface area contributed by atoms with Gasteiger partial charge >= 0.3 is 0 Å². The summed E-state index contributed by atoms with van der Waals surface area (Å²) >= 11 is 3.36. The van der Waals surface area contributed by atoms with Crippen molar-refractivity contribution in [3.63, 3.8) is 0 Å². The number of nitrogens with one attached hydrogen (secondary N) is 2. The van der Waals surface area contributed by atoms with E-state index >= 15 is 0 Å². The van der Waals surface area contributed by atoms with Gasteiger partial charge in [0.15, 0.2) is 5.96 Å². The van der Waals surface area contributed by atoms with E-state index < -0.39 is 0 Å². The van der Waals surface area contributed by atoms with E-state index in [-0.39, 0.29) is 29.8 Å². The minimum atomic E-state index is -0.240. The number of ether oxygens (including phenoxy) is 1. The molecule has 0 saturated heterocycles. The number of hydrogen-bond acceptors (Lipinski definition) is 3. The fourth-order valence-electron chi connectivity index (χ4n) is 2.13. The molecule has 25 heavy (non-hydrogen) atoms. The van der Waals surface area contributed by atoms with Gasteiger partial charge in [0, 0.05) is 49.9 Å². The quantitative estimate of drug-likeness (QED) is 0.211. The van der Waals surface area contributed by atoms with E-state index in [2.05, 4.69) is 43.5 Å². The number of aliphatic imine (C=N–C) groups is 1. The van der Waals surface area contributed by atoms with Crippen LogP contribution in [-0.2, 0) is 11.3 Å². The minimum absolute atomic E-state index is 0. The first-order valence-corrected chi connectivity index (χ1v) is 8.99. The van der Waals surface area contributed by atoms with Gasteiger partial charge in [-0.25, -0.2) is 9.38 Å². The first-order chi connectivity index (χ1) is 11.6. The van der Waals surface area contributed by atoms with Crippen molar-refractivity contribution in [1.82, 2.24) is 15.5 Å². The molecule has 0 saturated carbocycles. The van der Waals surface area contributed by atoms with E-state index in [1.54, 1.807) is 19.2 Å². The van der Waals surface area contributed by atoms with Gasteiger partial charge in [0.25, 0.3) is 0 Å². The Morgan fingerprint density at radius 1 is 1.32 bits per heavy atom. The molecule has 0 fully saturated rings. The average Bonchev–Trinajstić information content (AvgIpc) is 2.55. The molecule has 0 radical (unpaired) electrons. The van der Waals surface area contributed by atoms with E-state index in [4.69, 9.17) is 4.74 Å². The van der Waals surface area contributed by atoms with Gasteiger partial charge in [-0.2, -0.15) is 0 Å². The number of benzene rings is 1. The van der Waals surface area contributed by atoms with Gasteiger partial charge in [-0.05, 0) is 38.6 Å². The lowest BCUT2D eigenvalue weighted by atomic mass is 10.2. The zero-order valence-electron chi connectivity index (χ0n) is 15.1. The smallest absolute Gasteiger partial charge is 0.191 e. The van der Waals surface area contributed by atoms with Crippen LogP contribution in [0.15, 0.2) is 27.7 Å². The van der Waals surface area contributed by atoms with Crippen LogP contribution in [-0.4, -0.2) is 57.8 Å². The fourth-order valence-corrected chi connectivity index (χ4v) is 2.53. The van der Waals surface area contributed by atoms with Crippen molar-refractivity contribution in [1.29, 1.82) is 0 Å². The largest absolute Gasteiger partial charge is 0.385 e. The maximum absolute atomic E-state index is 13.8. The van der Waals surface area contributed by atoms with Crippen LogP contribution in [0.3, 0.4) is 0 Å². The zero-order valence-corrected chi connectivity index (χ0v) is 19.1. The third kappa shape index (κ3) is 11.0. The molecule has 0 aromatic heterocycles. The molecule has 0 heterocycles. The van der Waals surface area contributed by atoms with Crippen LogP contribution in [0.1, 0.15) is 18.9 Å². The SMILES string of the molecule is CCNC(=NCc1cc(Br)ccc1F)NCCN(C)CCCOC.I. The number of hydrogen-bond donors (Lipinski definition) is 2. The predicted molar refractivity (Wildman–Crippen MR) is 116 cm³/mol. The molecule has 1 aromatic carbocycles. The Kier molecular flexibility index (Phi) is 14.4. The molecule has 0 aliphatic rings. The Hall–Kier alpha value is -0.450. The van der Waals surface area contributed by atoms with E-state index in [1.807, 2.05) is 6.92 Å². The van der Waals surface area contributed by atoms with Gasteiger partial charge in [0.1, 0.15) is 5.82 Å². The van der Waals surface area contributed by atoms with Crippen LogP contribution in [0, 0.1) is 5.82 Å². The molecule has 8 heteroatoms. The molecule has 0 aliphatic heterocycles. The monoisotopic (exact) mass is 530 g/mol. The highest BCUT2D eigenvalue weighted by Crippen LogP contribution is 2.16. The number of rotatable bonds is 10. The van der Waals surface area contributed by atoms with Crippen molar-refractivity contribution in [3.05, 3.63) is 34.1 Å². The third-order valence-corrected chi connectivity index (χ3v) is 3.93. The highest BCUT2D eigenvalue weighted by atomic mass is 127. The van der Waals surface area contributed by atoms with Gasteiger partial charge in [-0.1, -0.05) is 15.9 Å². The third-order valence-electron chi connectivity index (χ3n) is 3.43. The van der Waals surface area contributed by atoms with Crippen LogP contribution in [0.5, 0.6) is 0 Å². The van der Waals surface area contributed by atoms with Crippen molar-refractivity contribution < 1.29 is 9.13 Å². The van der Waals surface area contributed by atoms with E-state index in [1.165, 1.54) is 6.07 Å². The maximum Gasteiger partial charge on any atom is 0.191 e. The van der Waals surface area contributed by atoms with Crippen molar-refractivity contribution in [2.45, 2.75) is 19.9 Å². The lowest BCUT2D eigenvalue weighted by Gasteiger charge is -2.18. The van der Waals surface area contributed by atoms with Crippen LogP contribution < -0.4 is 10.6 Å². The van der Waals surface area contributed by atoms with Gasteiger partial charge in [-0.15, -0.1) is 24.0 Å². The number of halogens is 3. The second-order valence-electron chi connectivity index (χ2n) is 5.51. The molecular formula is C17H29BrFIN4O. The molecule has 0 amide bonds. The zero-order chi connectivity index (χ0) is 17.8. The first-order valence-electron chi connectivity index (χ1n) is 8.20. The van der Waals surface area contributed by atoms with E-state index in [9.17, 15) is 4.39 Å². The molecule has 2 N–H and O–H groups in total. The van der Waals surface area contributed by atoms with Crippen LogP contribution in [0.4, 0.5) is 4.39 Å². The standard InChI is InChI=1S/C17H28BrFN4O.HI/c1-4-20-17(21-8-10-23(2)9-5-11-24-3)22-13-14-12-15(18)6-7-16(14)19;/h6-7,12H,4-5,8-11,13H2,1-3H3,(H2,20,21,22);1H. The van der Waals surface area contributed by atoms with Gasteiger partial charge in [0.2, 0.25) is 0 Å². The Labute approximate surface area is 175 Å². The van der Waals surface area contributed by atoms with Crippen molar-refractivity contribution in [2.24, 2.45) is 4.99 Å². The number of nitrogens with zero attached hydrogens (tertiary/aromatic N) is 2. The van der Waals surface area contributed by atoms with E-state index in [0.29, 0.717) is 18.1 Å².